The molecule has 0 radical (unpaired) electrons. The first-order valence-electron chi connectivity index (χ1n) is 12.2. The molecule has 1 fully saturated rings. The fourth-order valence-electron chi connectivity index (χ4n) is 4.42. The first-order chi connectivity index (χ1) is 17.2. The van der Waals surface area contributed by atoms with Crippen molar-refractivity contribution in [1.29, 1.82) is 5.41 Å². The first kappa shape index (κ1) is 26.3. The number of hydrogen-bond donors (Lipinski definition) is 3. The Morgan fingerprint density at radius 3 is 2.75 bits per heavy atom. The molecule has 1 unspecified atom stereocenters. The zero-order chi connectivity index (χ0) is 25.7. The molecular formula is C28H33N3O3S2. The molecule has 1 saturated heterocycles. The van der Waals surface area contributed by atoms with Gasteiger partial charge in [-0.15, -0.1) is 11.3 Å². The lowest BCUT2D eigenvalue weighted by molar-refractivity contribution is 0.0791. The largest absolute Gasteiger partial charge is 0.392 e. The maximum Gasteiger partial charge on any atom is 0.175 e. The number of likely N-dealkylation sites (tertiary alicyclic amines) is 1. The van der Waals surface area contributed by atoms with Crippen molar-refractivity contribution in [2.24, 2.45) is 0 Å². The van der Waals surface area contributed by atoms with Crippen LogP contribution in [0.15, 0.2) is 71.6 Å². The van der Waals surface area contributed by atoms with E-state index in [1.807, 2.05) is 42.5 Å². The minimum Gasteiger partial charge on any atom is -0.392 e. The van der Waals surface area contributed by atoms with E-state index in [0.717, 1.165) is 52.5 Å². The number of sulfone groups is 1. The lowest BCUT2D eigenvalue weighted by Crippen LogP contribution is -2.40. The minimum atomic E-state index is -3.29. The van der Waals surface area contributed by atoms with Crippen molar-refractivity contribution in [1.82, 2.24) is 4.90 Å². The predicted octanol–water partition coefficient (Wildman–Crippen LogP) is 5.31. The number of hydrogen-bond acceptors (Lipinski definition) is 7. The third-order valence-electron chi connectivity index (χ3n) is 6.28. The van der Waals surface area contributed by atoms with Gasteiger partial charge in [-0.05, 0) is 73.3 Å². The molecule has 2 heterocycles. The Labute approximate surface area is 217 Å². The van der Waals surface area contributed by atoms with E-state index in [1.54, 1.807) is 29.5 Å². The first-order valence-corrected chi connectivity index (χ1v) is 14.9. The van der Waals surface area contributed by atoms with E-state index in [9.17, 15) is 13.5 Å². The summed E-state index contributed by atoms with van der Waals surface area (Å²) >= 11 is 1.56. The molecule has 36 heavy (non-hydrogen) atoms. The molecule has 0 bridgehead atoms. The number of β-amino-alcohol motifs (C(OH)–C–C–N with tert-alkyl or cyclic N) is 1. The number of rotatable bonds is 9. The Morgan fingerprint density at radius 2 is 2.00 bits per heavy atom. The highest BCUT2D eigenvalue weighted by Crippen LogP contribution is 2.34. The van der Waals surface area contributed by atoms with Crippen LogP contribution in [0.25, 0.3) is 16.1 Å². The summed E-state index contributed by atoms with van der Waals surface area (Å²) in [7, 11) is -3.29. The quantitative estimate of drug-likeness (QED) is 0.331. The molecule has 1 atom stereocenters. The highest BCUT2D eigenvalue weighted by Gasteiger charge is 2.19. The Balaban J connectivity index is 1.65. The molecule has 0 saturated carbocycles. The third kappa shape index (κ3) is 6.70. The van der Waals surface area contributed by atoms with Gasteiger partial charge in [0, 0.05) is 35.6 Å². The van der Waals surface area contributed by atoms with Crippen LogP contribution in [-0.4, -0.2) is 56.1 Å². The van der Waals surface area contributed by atoms with Crippen LogP contribution < -0.4 is 5.32 Å². The van der Waals surface area contributed by atoms with Crippen LogP contribution in [0.3, 0.4) is 0 Å². The van der Waals surface area contributed by atoms with Crippen molar-refractivity contribution in [3.63, 3.8) is 0 Å². The number of aliphatic hydroxyl groups is 1. The molecule has 1 aliphatic rings. The average molecular weight is 524 g/mol. The van der Waals surface area contributed by atoms with Crippen LogP contribution >= 0.6 is 11.3 Å². The number of thiophene rings is 1. The van der Waals surface area contributed by atoms with E-state index in [0.29, 0.717) is 23.7 Å². The van der Waals surface area contributed by atoms with Crippen molar-refractivity contribution in [2.75, 3.05) is 31.2 Å². The monoisotopic (exact) mass is 523 g/mol. The van der Waals surface area contributed by atoms with Crippen molar-refractivity contribution < 1.29 is 13.5 Å². The molecule has 8 heteroatoms. The Kier molecular flexibility index (Phi) is 8.41. The predicted molar refractivity (Wildman–Crippen MR) is 150 cm³/mol. The molecule has 2 aromatic carbocycles. The van der Waals surface area contributed by atoms with Gasteiger partial charge in [0.05, 0.1) is 21.6 Å². The Hall–Kier alpha value is -2.78. The zero-order valence-corrected chi connectivity index (χ0v) is 22.3. The second kappa shape index (κ2) is 11.5. The van der Waals surface area contributed by atoms with E-state index in [1.165, 1.54) is 11.8 Å². The number of nitrogens with one attached hydrogen (secondary N) is 2. The van der Waals surface area contributed by atoms with Crippen molar-refractivity contribution >= 4 is 38.3 Å². The zero-order valence-electron chi connectivity index (χ0n) is 20.7. The van der Waals surface area contributed by atoms with Crippen molar-refractivity contribution in [3.05, 3.63) is 77.2 Å². The van der Waals surface area contributed by atoms with Crippen LogP contribution in [0.1, 0.15) is 30.2 Å². The molecule has 0 aliphatic carbocycles. The number of piperidine rings is 1. The maximum absolute atomic E-state index is 12.0. The number of anilines is 1. The van der Waals surface area contributed by atoms with Crippen LogP contribution in [-0.2, 0) is 16.3 Å². The number of para-hydroxylation sites is 1. The lowest BCUT2D eigenvalue weighted by Gasteiger charge is -2.29. The fourth-order valence-corrected chi connectivity index (χ4v) is 6.06. The van der Waals surface area contributed by atoms with E-state index < -0.39 is 9.84 Å². The van der Waals surface area contributed by atoms with Crippen LogP contribution in [0.4, 0.5) is 5.69 Å². The van der Waals surface area contributed by atoms with Crippen molar-refractivity contribution in [3.8, 4) is 10.4 Å². The van der Waals surface area contributed by atoms with E-state index in [-0.39, 0.29) is 6.10 Å². The molecule has 0 amide bonds. The summed E-state index contributed by atoms with van der Waals surface area (Å²) in [6.07, 6.45) is 5.40. The lowest BCUT2D eigenvalue weighted by atomic mass is 10.1. The van der Waals surface area contributed by atoms with Crippen molar-refractivity contribution in [2.45, 2.75) is 37.2 Å². The summed E-state index contributed by atoms with van der Waals surface area (Å²) in [6.45, 7) is 4.07. The molecule has 0 spiro atoms. The standard InChI is InChI=1S/C28H33N3O3S2/c1-3-20-8-4-5-12-25(20)30-26(17-22(29)18-31-15-7-10-23(32)19-31)28-14-13-27(35-28)21-9-6-11-24(16-21)36(2,33)34/h4-6,8-9,11-14,16-17,23,29-30,32H,3,7,10,15,18-19H2,1-2H3/b26-17-,29-22?. The Bertz CT molecular complexity index is 1360. The van der Waals surface area contributed by atoms with Gasteiger partial charge in [-0.25, -0.2) is 8.42 Å². The highest BCUT2D eigenvalue weighted by molar-refractivity contribution is 7.90. The van der Waals surface area contributed by atoms with Gasteiger partial charge < -0.3 is 15.8 Å². The number of benzene rings is 2. The van der Waals surface area contributed by atoms with Crippen LogP contribution in [0, 0.1) is 5.41 Å². The average Bonchev–Trinajstić information content (AvgIpc) is 3.34. The second-order valence-electron chi connectivity index (χ2n) is 9.21. The summed E-state index contributed by atoms with van der Waals surface area (Å²) in [4.78, 5) is 4.34. The number of aryl methyl sites for hydroxylation is 1. The van der Waals surface area contributed by atoms with E-state index in [2.05, 4.69) is 23.2 Å². The molecule has 4 rings (SSSR count). The second-order valence-corrected chi connectivity index (χ2v) is 12.3. The fraction of sp³-hybridized carbons (Fsp3) is 0.321. The molecule has 6 nitrogen and oxygen atoms in total. The summed E-state index contributed by atoms with van der Waals surface area (Å²) in [6, 6.07) is 19.2. The summed E-state index contributed by atoms with van der Waals surface area (Å²) < 4.78 is 24.1. The smallest absolute Gasteiger partial charge is 0.175 e. The third-order valence-corrected chi connectivity index (χ3v) is 8.56. The molecule has 190 valence electrons. The van der Waals surface area contributed by atoms with Crippen LogP contribution in [0.5, 0.6) is 0 Å². The van der Waals surface area contributed by atoms with Gasteiger partial charge in [-0.1, -0.05) is 37.3 Å². The summed E-state index contributed by atoms with van der Waals surface area (Å²) in [5, 5.41) is 22.3. The van der Waals surface area contributed by atoms with Gasteiger partial charge in [-0.3, -0.25) is 4.90 Å². The highest BCUT2D eigenvalue weighted by atomic mass is 32.2. The summed E-state index contributed by atoms with van der Waals surface area (Å²) in [5.41, 5.74) is 4.33. The SMILES string of the molecule is CCc1ccccc1N/C(=C\C(=N)CN1CCCC(O)C1)c1ccc(-c2cccc(S(C)(=O)=O)c2)s1. The summed E-state index contributed by atoms with van der Waals surface area (Å²) in [5.74, 6) is 0. The number of nitrogens with zero attached hydrogens (tertiary/aromatic N) is 1. The van der Waals surface area contributed by atoms with E-state index >= 15 is 0 Å². The minimum absolute atomic E-state index is 0.297. The number of aliphatic hydroxyl groups excluding tert-OH is 1. The van der Waals surface area contributed by atoms with Crippen LogP contribution in [0.2, 0.25) is 0 Å². The topological polar surface area (TPSA) is 93.5 Å². The Morgan fingerprint density at radius 1 is 1.19 bits per heavy atom. The van der Waals surface area contributed by atoms with Gasteiger partial charge >= 0.3 is 0 Å². The van der Waals surface area contributed by atoms with Gasteiger partial charge in [0.2, 0.25) is 0 Å². The molecule has 3 N–H and O–H groups in total. The van der Waals surface area contributed by atoms with Gasteiger partial charge in [0.15, 0.2) is 9.84 Å². The molecule has 1 aromatic heterocycles. The molecular weight excluding hydrogens is 490 g/mol. The van der Waals surface area contributed by atoms with Gasteiger partial charge in [0.1, 0.15) is 0 Å². The molecule has 3 aromatic rings. The normalized spacial score (nSPS) is 17.2. The van der Waals surface area contributed by atoms with E-state index in [4.69, 9.17) is 5.41 Å². The maximum atomic E-state index is 12.0. The molecule has 1 aliphatic heterocycles. The van der Waals surface area contributed by atoms with Gasteiger partial charge in [-0.2, -0.15) is 0 Å². The van der Waals surface area contributed by atoms with Gasteiger partial charge in [0.25, 0.3) is 0 Å².